The minimum atomic E-state index is -0.824. The normalized spacial score (nSPS) is 37.9. The smallest absolute Gasteiger partial charge is 0.129 e. The number of hydrogen-bond acceptors (Lipinski definition) is 3. The van der Waals surface area contributed by atoms with Crippen LogP contribution in [0.4, 0.5) is 0 Å². The maximum atomic E-state index is 12.3. The van der Waals surface area contributed by atoms with E-state index in [4.69, 9.17) is 18.0 Å². The van der Waals surface area contributed by atoms with Crippen LogP contribution in [0, 0.1) is 5.92 Å². The second kappa shape index (κ2) is 7.10. The van der Waals surface area contributed by atoms with Gasteiger partial charge in [0, 0.05) is 62.4 Å². The zero-order valence-electron chi connectivity index (χ0n) is 17.3. The van der Waals surface area contributed by atoms with Crippen LogP contribution in [0.15, 0.2) is 24.3 Å². The zero-order valence-corrected chi connectivity index (χ0v) is 20.9. The Balaban J connectivity index is 0.00000205. The number of rotatable bonds is 3. The molecule has 2 bridgehead atoms. The Morgan fingerprint density at radius 1 is 1.34 bits per heavy atom. The summed E-state index contributed by atoms with van der Waals surface area (Å²) < 4.78 is 0.951. The molecule has 6 heteroatoms. The Kier molecular flexibility index (Phi) is 5.36. The first-order chi connectivity index (χ1) is 13.2. The van der Waals surface area contributed by atoms with Gasteiger partial charge in [-0.05, 0) is 43.7 Å². The van der Waals surface area contributed by atoms with E-state index in [2.05, 4.69) is 19.7 Å². The number of fused-ring (bicyclic) bond motifs is 1. The summed E-state index contributed by atoms with van der Waals surface area (Å²) >= 11 is 5.19. The summed E-state index contributed by atoms with van der Waals surface area (Å²) in [5.74, 6) is 1.00. The largest absolute Gasteiger partial charge is 0.507 e. The summed E-state index contributed by atoms with van der Waals surface area (Å²) in [4.78, 5) is 0.210. The van der Waals surface area contributed by atoms with Gasteiger partial charge in [0.25, 0.3) is 0 Å². The number of aromatic hydroxyl groups is 1. The van der Waals surface area contributed by atoms with Crippen molar-refractivity contribution < 1.29 is 47.4 Å². The molecule has 0 amide bonds. The zero-order chi connectivity index (χ0) is 19.9. The Hall–Kier alpha value is -0.326. The molecule has 3 aliphatic carbocycles. The number of piperidine rings is 1. The molecule has 4 atom stereocenters. The molecule has 0 spiro atoms. The van der Waals surface area contributed by atoms with E-state index in [9.17, 15) is 10.2 Å². The molecular weight excluding hydrogens is 457 g/mol. The van der Waals surface area contributed by atoms with Gasteiger partial charge in [0.2, 0.25) is 0 Å². The van der Waals surface area contributed by atoms with Gasteiger partial charge in [0.05, 0.1) is 25.7 Å². The molecule has 1 saturated heterocycles. The summed E-state index contributed by atoms with van der Waals surface area (Å²) in [7, 11) is 2.35. The minimum Gasteiger partial charge on any atom is -0.507 e. The second-order valence-corrected chi connectivity index (χ2v) is 10.5. The van der Waals surface area contributed by atoms with Crippen molar-refractivity contribution in [3.63, 3.8) is 0 Å². The fourth-order valence-electron chi connectivity index (χ4n) is 6.85. The molecule has 0 aromatic heterocycles. The molecule has 29 heavy (non-hydrogen) atoms. The van der Waals surface area contributed by atoms with Crippen LogP contribution in [0.25, 0.3) is 0 Å². The molecule has 1 aromatic carbocycles. The van der Waals surface area contributed by atoms with Crippen LogP contribution in [0.1, 0.15) is 55.2 Å². The monoisotopic (exact) mass is 488 g/mol. The second-order valence-electron chi connectivity index (χ2n) is 10.1. The predicted octanol–water partition coefficient (Wildman–Crippen LogP) is 2.92. The van der Waals surface area contributed by atoms with E-state index in [1.54, 1.807) is 0 Å². The van der Waals surface area contributed by atoms with E-state index in [0.717, 1.165) is 66.7 Å². The number of likely N-dealkylation sites (tertiary alicyclic amines) is 1. The molecule has 153 valence electrons. The number of nitrogens with zero attached hydrogens (tertiary/aromatic N) is 1. The molecular formula is C23H31N2O2SY+. The van der Waals surface area contributed by atoms with E-state index >= 15 is 0 Å². The van der Waals surface area contributed by atoms with E-state index in [1.165, 1.54) is 18.4 Å². The van der Waals surface area contributed by atoms with Gasteiger partial charge in [-0.3, -0.25) is 0 Å². The summed E-state index contributed by atoms with van der Waals surface area (Å²) in [5, 5.41) is 23.5. The van der Waals surface area contributed by atoms with E-state index < -0.39 is 11.0 Å². The molecule has 1 radical (unpaired) electrons. The van der Waals surface area contributed by atoms with Gasteiger partial charge in [-0.1, -0.05) is 30.4 Å². The van der Waals surface area contributed by atoms with Crippen LogP contribution >= 0.6 is 12.2 Å². The van der Waals surface area contributed by atoms with Gasteiger partial charge in [0.15, 0.2) is 0 Å². The maximum absolute atomic E-state index is 12.3. The van der Waals surface area contributed by atoms with Gasteiger partial charge in [-0.15, -0.1) is 0 Å². The van der Waals surface area contributed by atoms with Crippen LogP contribution in [-0.2, 0) is 44.5 Å². The number of benzene rings is 1. The van der Waals surface area contributed by atoms with Crippen molar-refractivity contribution in [2.45, 2.75) is 62.0 Å². The number of likely N-dealkylation sites (N-methyl/N-ethyl adjacent to an activating group) is 1. The van der Waals surface area contributed by atoms with Crippen molar-refractivity contribution in [3.8, 4) is 5.75 Å². The number of phenols is 1. The third-order valence-corrected chi connectivity index (χ3v) is 8.61. The van der Waals surface area contributed by atoms with Crippen LogP contribution in [0.5, 0.6) is 5.75 Å². The molecule has 2 saturated carbocycles. The van der Waals surface area contributed by atoms with Crippen LogP contribution in [0.2, 0.25) is 0 Å². The Morgan fingerprint density at radius 3 is 2.72 bits per heavy atom. The Bertz CT molecular complexity index is 901. The SMILES string of the molecule is C=C1CC[C@@]2(O)[C@H]3Cc4ccc(C(N)=S)c(O)c4[C@@]2(CC[N+]3(C)CC2CC2)C1.[Y]. The van der Waals surface area contributed by atoms with Crippen molar-refractivity contribution in [3.05, 3.63) is 41.0 Å². The van der Waals surface area contributed by atoms with Crippen molar-refractivity contribution in [2.75, 3.05) is 20.1 Å². The van der Waals surface area contributed by atoms with E-state index in [0.29, 0.717) is 5.56 Å². The molecule has 4 nitrogen and oxygen atoms in total. The van der Waals surface area contributed by atoms with Crippen molar-refractivity contribution in [2.24, 2.45) is 11.7 Å². The van der Waals surface area contributed by atoms with Gasteiger partial charge in [-0.25, -0.2) is 0 Å². The predicted molar refractivity (Wildman–Crippen MR) is 114 cm³/mol. The first kappa shape index (κ1) is 21.9. The molecule has 5 rings (SSSR count). The first-order valence-corrected chi connectivity index (χ1v) is 11.0. The topological polar surface area (TPSA) is 66.5 Å². The number of aliphatic hydroxyl groups is 1. The fourth-order valence-corrected chi connectivity index (χ4v) is 7.02. The Morgan fingerprint density at radius 2 is 2.07 bits per heavy atom. The number of nitrogens with two attached hydrogens (primary N) is 1. The third-order valence-electron chi connectivity index (χ3n) is 8.39. The number of hydrogen-bond donors (Lipinski definition) is 3. The average molecular weight is 488 g/mol. The minimum absolute atomic E-state index is 0. The van der Waals surface area contributed by atoms with Crippen LogP contribution in [0.3, 0.4) is 0 Å². The van der Waals surface area contributed by atoms with Gasteiger partial charge >= 0.3 is 0 Å². The van der Waals surface area contributed by atoms with Gasteiger partial charge < -0.3 is 20.4 Å². The van der Waals surface area contributed by atoms with Gasteiger partial charge in [-0.2, -0.15) is 0 Å². The average Bonchev–Trinajstić information content (AvgIpc) is 3.43. The summed E-state index contributed by atoms with van der Waals surface area (Å²) in [6.07, 6.45) is 6.66. The quantitative estimate of drug-likeness (QED) is 0.348. The standard InChI is InChI=1S/C23H30N2O2S.Y/c1-14-7-8-23(27)18-11-16-5-6-17(21(24)28)20(26)19(16)22(23,12-14)9-10-25(18,2)13-15-3-4-15;/h5-6,15,18,27H,1,3-4,7-13H2,2H3,(H2-,24,26,28);/p+1/t18-,22-,23-,25?;/m1./s1. The van der Waals surface area contributed by atoms with Crippen molar-refractivity contribution in [1.29, 1.82) is 0 Å². The van der Waals surface area contributed by atoms with Crippen molar-refractivity contribution >= 4 is 17.2 Å². The molecule has 1 aliphatic heterocycles. The number of quaternary nitrogens is 1. The summed E-state index contributed by atoms with van der Waals surface area (Å²) in [6, 6.07) is 4.11. The number of allylic oxidation sites excluding steroid dienone is 1. The molecule has 4 N–H and O–H groups in total. The van der Waals surface area contributed by atoms with Gasteiger partial charge in [0.1, 0.15) is 22.4 Å². The summed E-state index contributed by atoms with van der Waals surface area (Å²) in [6.45, 7) is 6.48. The molecule has 3 fully saturated rings. The first-order valence-electron chi connectivity index (χ1n) is 10.6. The van der Waals surface area contributed by atoms with E-state index in [1.807, 2.05) is 6.07 Å². The molecule has 4 aliphatic rings. The Labute approximate surface area is 204 Å². The van der Waals surface area contributed by atoms with Crippen LogP contribution in [-0.4, -0.2) is 51.5 Å². The molecule has 1 heterocycles. The third kappa shape index (κ3) is 3.02. The number of phenolic OH excluding ortho intramolecular Hbond substituents is 1. The molecule has 1 unspecified atom stereocenters. The maximum Gasteiger partial charge on any atom is 0.129 e. The number of thiocarbonyl (C=S) groups is 1. The van der Waals surface area contributed by atoms with Crippen molar-refractivity contribution in [1.82, 2.24) is 0 Å². The van der Waals surface area contributed by atoms with E-state index in [-0.39, 0.29) is 49.5 Å². The summed E-state index contributed by atoms with van der Waals surface area (Å²) in [5.41, 5.74) is 8.35. The fraction of sp³-hybridized carbons (Fsp3) is 0.609. The van der Waals surface area contributed by atoms with Crippen LogP contribution < -0.4 is 5.73 Å². The molecule has 1 aromatic rings.